The van der Waals surface area contributed by atoms with Crippen molar-refractivity contribution in [3.63, 3.8) is 0 Å². The second kappa shape index (κ2) is 6.00. The second-order valence-corrected chi connectivity index (χ2v) is 4.59. The van der Waals surface area contributed by atoms with E-state index in [1.807, 2.05) is 0 Å². The number of nitrogens with one attached hydrogen (secondary N) is 1. The van der Waals surface area contributed by atoms with E-state index < -0.39 is 12.3 Å². The number of rotatable bonds is 4. The quantitative estimate of drug-likeness (QED) is 0.873. The number of halogens is 3. The Labute approximate surface area is 121 Å². The third-order valence-electron chi connectivity index (χ3n) is 2.22. The van der Waals surface area contributed by atoms with Crippen molar-refractivity contribution in [1.82, 2.24) is 4.98 Å². The summed E-state index contributed by atoms with van der Waals surface area (Å²) in [6.45, 7) is 0. The van der Waals surface area contributed by atoms with Gasteiger partial charge in [-0.05, 0) is 12.1 Å². The van der Waals surface area contributed by atoms with Crippen LogP contribution < -0.4 is 10.1 Å². The van der Waals surface area contributed by atoms with Crippen molar-refractivity contribution < 1.29 is 27.4 Å². The predicted octanol–water partition coefficient (Wildman–Crippen LogP) is 3.57. The Balaban J connectivity index is 2.11. The summed E-state index contributed by atoms with van der Waals surface area (Å²) in [5, 5.41) is 4.60. The highest BCUT2D eigenvalue weighted by atomic mass is 32.1. The smallest absolute Gasteiger partial charge is 0.464 e. The Morgan fingerprint density at radius 3 is 2.81 bits per heavy atom. The molecule has 0 spiro atoms. The maximum Gasteiger partial charge on any atom is 0.573 e. The third kappa shape index (κ3) is 4.35. The lowest BCUT2D eigenvalue weighted by Gasteiger charge is -2.10. The van der Waals surface area contributed by atoms with E-state index in [-0.39, 0.29) is 11.4 Å². The van der Waals surface area contributed by atoms with Crippen LogP contribution in [0.2, 0.25) is 0 Å². The fourth-order valence-corrected chi connectivity index (χ4v) is 2.12. The summed E-state index contributed by atoms with van der Waals surface area (Å²) in [4.78, 5) is 15.2. The predicted molar refractivity (Wildman–Crippen MR) is 69.9 cm³/mol. The highest BCUT2D eigenvalue weighted by Gasteiger charge is 2.31. The Bertz CT molecular complexity index is 643. The Kier molecular flexibility index (Phi) is 4.32. The molecule has 1 aromatic heterocycles. The summed E-state index contributed by atoms with van der Waals surface area (Å²) in [6.07, 6.45) is -4.75. The molecule has 0 radical (unpaired) electrons. The van der Waals surface area contributed by atoms with Crippen molar-refractivity contribution in [2.24, 2.45) is 0 Å². The first-order valence-electron chi connectivity index (χ1n) is 5.54. The number of hydrogen-bond donors (Lipinski definition) is 1. The monoisotopic (exact) mass is 318 g/mol. The van der Waals surface area contributed by atoms with E-state index in [0.29, 0.717) is 10.8 Å². The van der Waals surface area contributed by atoms with Crippen molar-refractivity contribution in [3.8, 4) is 5.75 Å². The zero-order chi connectivity index (χ0) is 15.5. The van der Waals surface area contributed by atoms with Gasteiger partial charge in [0.1, 0.15) is 5.75 Å². The van der Waals surface area contributed by atoms with Gasteiger partial charge in [0.05, 0.1) is 7.11 Å². The molecule has 1 N–H and O–H groups in total. The zero-order valence-electron chi connectivity index (χ0n) is 10.6. The van der Waals surface area contributed by atoms with Crippen LogP contribution in [0.15, 0.2) is 29.6 Å². The Morgan fingerprint density at radius 2 is 2.14 bits per heavy atom. The molecule has 1 aromatic carbocycles. The van der Waals surface area contributed by atoms with Crippen LogP contribution in [-0.2, 0) is 4.74 Å². The van der Waals surface area contributed by atoms with Gasteiger partial charge in [0.15, 0.2) is 10.8 Å². The van der Waals surface area contributed by atoms with Crippen molar-refractivity contribution in [2.75, 3.05) is 12.4 Å². The molecule has 21 heavy (non-hydrogen) atoms. The van der Waals surface area contributed by atoms with Crippen LogP contribution in [0.4, 0.5) is 24.0 Å². The topological polar surface area (TPSA) is 60.5 Å². The van der Waals surface area contributed by atoms with Gasteiger partial charge in [-0.25, -0.2) is 9.78 Å². The third-order valence-corrected chi connectivity index (χ3v) is 2.98. The van der Waals surface area contributed by atoms with E-state index in [0.717, 1.165) is 11.3 Å². The van der Waals surface area contributed by atoms with Crippen molar-refractivity contribution in [3.05, 3.63) is 35.3 Å². The summed E-state index contributed by atoms with van der Waals surface area (Å²) in [5.41, 5.74) is 0.468. The first-order valence-corrected chi connectivity index (χ1v) is 6.42. The standard InChI is InChI=1S/C12H9F3N2O3S/c1-19-10(18)9-6-21-11(17-9)16-7-3-2-4-8(5-7)20-12(13,14)15/h2-6H,1H3,(H,16,17). The minimum atomic E-state index is -4.75. The van der Waals surface area contributed by atoms with Crippen LogP contribution in [0.5, 0.6) is 5.75 Å². The first kappa shape index (κ1) is 15.1. The second-order valence-electron chi connectivity index (χ2n) is 3.73. The average molecular weight is 318 g/mol. The van der Waals surface area contributed by atoms with E-state index in [2.05, 4.69) is 19.8 Å². The molecule has 1 heterocycles. The molecule has 0 aliphatic heterocycles. The number of esters is 1. The van der Waals surface area contributed by atoms with Gasteiger partial charge < -0.3 is 14.8 Å². The van der Waals surface area contributed by atoms with E-state index in [4.69, 9.17) is 0 Å². The number of alkyl halides is 3. The molecular formula is C12H9F3N2O3S. The molecule has 0 unspecified atom stereocenters. The maximum atomic E-state index is 12.1. The van der Waals surface area contributed by atoms with Crippen molar-refractivity contribution >= 4 is 28.1 Å². The SMILES string of the molecule is COC(=O)c1csc(Nc2cccc(OC(F)(F)F)c2)n1. The molecule has 0 amide bonds. The van der Waals surface area contributed by atoms with E-state index in [9.17, 15) is 18.0 Å². The number of carbonyl (C=O) groups is 1. The fraction of sp³-hybridized carbons (Fsp3) is 0.167. The van der Waals surface area contributed by atoms with E-state index in [1.54, 1.807) is 6.07 Å². The number of thiazole rings is 1. The highest BCUT2D eigenvalue weighted by Crippen LogP contribution is 2.27. The van der Waals surface area contributed by atoms with Crippen LogP contribution in [0.3, 0.4) is 0 Å². The number of ether oxygens (including phenoxy) is 2. The maximum absolute atomic E-state index is 12.1. The average Bonchev–Trinajstić information content (AvgIpc) is 2.84. The fourth-order valence-electron chi connectivity index (χ4n) is 1.42. The molecule has 0 aliphatic carbocycles. The molecule has 2 aromatic rings. The first-order chi connectivity index (χ1) is 9.87. The molecule has 0 atom stereocenters. The number of benzene rings is 1. The minimum absolute atomic E-state index is 0.118. The van der Waals surface area contributed by atoms with E-state index in [1.165, 1.54) is 30.7 Å². The highest BCUT2D eigenvalue weighted by molar-refractivity contribution is 7.14. The van der Waals surface area contributed by atoms with Gasteiger partial charge in [0.25, 0.3) is 0 Å². The lowest BCUT2D eigenvalue weighted by Crippen LogP contribution is -2.17. The van der Waals surface area contributed by atoms with Gasteiger partial charge in [-0.2, -0.15) is 0 Å². The number of nitrogens with zero attached hydrogens (tertiary/aromatic N) is 1. The lowest BCUT2D eigenvalue weighted by molar-refractivity contribution is -0.274. The van der Waals surface area contributed by atoms with E-state index >= 15 is 0 Å². The molecule has 112 valence electrons. The van der Waals surface area contributed by atoms with Crippen LogP contribution in [-0.4, -0.2) is 24.4 Å². The summed E-state index contributed by atoms with van der Waals surface area (Å²) < 4.78 is 44.7. The summed E-state index contributed by atoms with van der Waals surface area (Å²) in [7, 11) is 1.23. The Morgan fingerprint density at radius 1 is 1.38 bits per heavy atom. The molecule has 9 heteroatoms. The Hall–Kier alpha value is -2.29. The number of methoxy groups -OCH3 is 1. The lowest BCUT2D eigenvalue weighted by atomic mass is 10.3. The molecule has 0 aliphatic rings. The van der Waals surface area contributed by atoms with Gasteiger partial charge in [-0.1, -0.05) is 6.07 Å². The van der Waals surface area contributed by atoms with Gasteiger partial charge >= 0.3 is 12.3 Å². The summed E-state index contributed by atoms with van der Waals surface area (Å²) in [5.74, 6) is -0.939. The van der Waals surface area contributed by atoms with Gasteiger partial charge in [0.2, 0.25) is 0 Å². The molecule has 0 fully saturated rings. The van der Waals surface area contributed by atoms with Crippen LogP contribution in [0, 0.1) is 0 Å². The number of hydrogen-bond acceptors (Lipinski definition) is 6. The molecular weight excluding hydrogens is 309 g/mol. The minimum Gasteiger partial charge on any atom is -0.464 e. The van der Waals surface area contributed by atoms with Crippen LogP contribution >= 0.6 is 11.3 Å². The molecule has 0 saturated heterocycles. The van der Waals surface area contributed by atoms with Gasteiger partial charge in [-0.3, -0.25) is 0 Å². The molecule has 0 saturated carbocycles. The largest absolute Gasteiger partial charge is 0.573 e. The number of anilines is 2. The van der Waals surface area contributed by atoms with Crippen molar-refractivity contribution in [2.45, 2.75) is 6.36 Å². The van der Waals surface area contributed by atoms with Gasteiger partial charge in [-0.15, -0.1) is 24.5 Å². The number of carbonyl (C=O) groups excluding carboxylic acids is 1. The number of aromatic nitrogens is 1. The normalized spacial score (nSPS) is 11.0. The molecule has 0 bridgehead atoms. The summed E-state index contributed by atoms with van der Waals surface area (Å²) >= 11 is 1.12. The van der Waals surface area contributed by atoms with Crippen LogP contribution in [0.25, 0.3) is 0 Å². The van der Waals surface area contributed by atoms with Crippen LogP contribution in [0.1, 0.15) is 10.5 Å². The molecule has 2 rings (SSSR count). The molecule has 5 nitrogen and oxygen atoms in total. The van der Waals surface area contributed by atoms with Gasteiger partial charge in [0, 0.05) is 17.1 Å². The van der Waals surface area contributed by atoms with Crippen molar-refractivity contribution in [1.29, 1.82) is 0 Å². The zero-order valence-corrected chi connectivity index (χ0v) is 11.4. The summed E-state index contributed by atoms with van der Waals surface area (Å²) in [6, 6.07) is 5.30.